The molecule has 0 fully saturated rings. The van der Waals surface area contributed by atoms with E-state index in [1.54, 1.807) is 18.3 Å². The van der Waals surface area contributed by atoms with Crippen LogP contribution in [-0.4, -0.2) is 29.7 Å². The lowest BCUT2D eigenvalue weighted by atomic mass is 10.00. The first-order valence-electron chi connectivity index (χ1n) is 10.5. The number of pyridine rings is 1. The van der Waals surface area contributed by atoms with Crippen LogP contribution in [0.4, 0.5) is 0 Å². The van der Waals surface area contributed by atoms with Crippen molar-refractivity contribution in [3.05, 3.63) is 95.3 Å². The number of hydrogen-bond acceptors (Lipinski definition) is 7. The van der Waals surface area contributed by atoms with E-state index in [0.717, 1.165) is 28.1 Å². The van der Waals surface area contributed by atoms with Gasteiger partial charge in [0.2, 0.25) is 0 Å². The summed E-state index contributed by atoms with van der Waals surface area (Å²) < 4.78 is 17.2. The summed E-state index contributed by atoms with van der Waals surface area (Å²) in [4.78, 5) is 16.1. The number of esters is 1. The van der Waals surface area contributed by atoms with Crippen LogP contribution in [0.25, 0.3) is 5.70 Å². The zero-order valence-electron chi connectivity index (χ0n) is 17.8. The summed E-state index contributed by atoms with van der Waals surface area (Å²) in [5.74, 6) is 1.06. The first-order valence-corrected chi connectivity index (χ1v) is 10.5. The van der Waals surface area contributed by atoms with Gasteiger partial charge in [-0.3, -0.25) is 4.98 Å². The molecule has 162 valence electrons. The SMILES string of the molecule is CCOc1cccc2c1OC(c1ccc(C(=O)OC)cc1)N1NC(c3cccnc3)=CC21. The monoisotopic (exact) mass is 429 g/mol. The number of para-hydroxylation sites is 1. The molecule has 1 aromatic heterocycles. The van der Waals surface area contributed by atoms with E-state index in [9.17, 15) is 4.79 Å². The van der Waals surface area contributed by atoms with Crippen molar-refractivity contribution in [1.29, 1.82) is 0 Å². The maximum absolute atomic E-state index is 11.9. The highest BCUT2D eigenvalue weighted by molar-refractivity contribution is 5.89. The average Bonchev–Trinajstić information content (AvgIpc) is 3.30. The maximum atomic E-state index is 11.9. The van der Waals surface area contributed by atoms with Crippen molar-refractivity contribution >= 4 is 11.7 Å². The van der Waals surface area contributed by atoms with Crippen molar-refractivity contribution < 1.29 is 19.0 Å². The van der Waals surface area contributed by atoms with Gasteiger partial charge in [-0.2, -0.15) is 5.01 Å². The minimum Gasteiger partial charge on any atom is -0.490 e. The second-order valence-corrected chi connectivity index (χ2v) is 7.48. The summed E-state index contributed by atoms with van der Waals surface area (Å²) in [7, 11) is 1.37. The molecule has 0 amide bonds. The van der Waals surface area contributed by atoms with Gasteiger partial charge in [-0.15, -0.1) is 0 Å². The summed E-state index contributed by atoms with van der Waals surface area (Å²) in [6, 6.07) is 17.1. The predicted octanol–water partition coefficient (Wildman–Crippen LogP) is 4.26. The number of hydrazine groups is 1. The topological polar surface area (TPSA) is 72.9 Å². The maximum Gasteiger partial charge on any atom is 0.337 e. The first kappa shape index (κ1) is 20.1. The normalized spacial score (nSPS) is 19.1. The van der Waals surface area contributed by atoms with Crippen LogP contribution < -0.4 is 14.9 Å². The lowest BCUT2D eigenvalue weighted by Gasteiger charge is -2.39. The molecule has 1 N–H and O–H groups in total. The third-order valence-corrected chi connectivity index (χ3v) is 5.57. The van der Waals surface area contributed by atoms with Crippen LogP contribution in [0.15, 0.2) is 73.1 Å². The largest absolute Gasteiger partial charge is 0.490 e. The number of aromatic nitrogens is 1. The van der Waals surface area contributed by atoms with Crippen LogP contribution in [0.1, 0.15) is 46.2 Å². The zero-order valence-corrected chi connectivity index (χ0v) is 17.8. The van der Waals surface area contributed by atoms with Gasteiger partial charge in [0.1, 0.15) is 0 Å². The van der Waals surface area contributed by atoms with Gasteiger partial charge < -0.3 is 19.6 Å². The molecule has 0 bridgehead atoms. The Balaban J connectivity index is 1.57. The Morgan fingerprint density at radius 2 is 2.00 bits per heavy atom. The minimum atomic E-state index is -0.439. The fourth-order valence-corrected chi connectivity index (χ4v) is 4.07. The Morgan fingerprint density at radius 1 is 1.16 bits per heavy atom. The van der Waals surface area contributed by atoms with Gasteiger partial charge in [-0.25, -0.2) is 4.79 Å². The number of methoxy groups -OCH3 is 1. The van der Waals surface area contributed by atoms with E-state index in [4.69, 9.17) is 14.2 Å². The highest BCUT2D eigenvalue weighted by Gasteiger charge is 2.41. The van der Waals surface area contributed by atoms with E-state index in [0.29, 0.717) is 17.9 Å². The Labute approximate surface area is 186 Å². The Morgan fingerprint density at radius 3 is 2.72 bits per heavy atom. The molecule has 5 rings (SSSR count). The molecule has 32 heavy (non-hydrogen) atoms. The van der Waals surface area contributed by atoms with Gasteiger partial charge in [-0.1, -0.05) is 24.3 Å². The van der Waals surface area contributed by atoms with E-state index in [2.05, 4.69) is 27.6 Å². The van der Waals surface area contributed by atoms with Crippen LogP contribution >= 0.6 is 0 Å². The molecule has 0 aliphatic carbocycles. The van der Waals surface area contributed by atoms with E-state index in [1.807, 2.05) is 49.5 Å². The number of carbonyl (C=O) groups is 1. The molecule has 3 aromatic rings. The first-order chi connectivity index (χ1) is 15.7. The molecular weight excluding hydrogens is 406 g/mol. The number of nitrogens with zero attached hydrogens (tertiary/aromatic N) is 2. The van der Waals surface area contributed by atoms with E-state index < -0.39 is 6.23 Å². The molecule has 2 atom stereocenters. The Hall–Kier alpha value is -3.84. The number of rotatable bonds is 5. The number of fused-ring (bicyclic) bond motifs is 3. The second-order valence-electron chi connectivity index (χ2n) is 7.48. The number of ether oxygens (including phenoxy) is 3. The van der Waals surface area contributed by atoms with Gasteiger partial charge in [0.05, 0.1) is 31.0 Å². The van der Waals surface area contributed by atoms with Crippen LogP contribution in [0.3, 0.4) is 0 Å². The smallest absolute Gasteiger partial charge is 0.337 e. The highest BCUT2D eigenvalue weighted by atomic mass is 16.5. The minimum absolute atomic E-state index is 0.0698. The van der Waals surface area contributed by atoms with Crippen molar-refractivity contribution in [3.63, 3.8) is 0 Å². The van der Waals surface area contributed by atoms with E-state index in [1.165, 1.54) is 7.11 Å². The van der Waals surface area contributed by atoms with Gasteiger partial charge in [0, 0.05) is 29.1 Å². The fourth-order valence-electron chi connectivity index (χ4n) is 4.07. The standard InChI is InChI=1S/C25H23N3O4/c1-3-31-22-8-4-7-19-21-14-20(18-6-5-13-26-15-18)27-28(21)24(32-23(19)22)16-9-11-17(12-10-16)25(29)30-2/h4-15,21,24,27H,3H2,1-2H3. The molecule has 7 heteroatoms. The molecule has 0 spiro atoms. The van der Waals surface area contributed by atoms with Crippen molar-refractivity contribution in [3.8, 4) is 11.5 Å². The van der Waals surface area contributed by atoms with Crippen molar-refractivity contribution in [2.75, 3.05) is 13.7 Å². The lowest BCUT2D eigenvalue weighted by Crippen LogP contribution is -2.43. The molecule has 3 heterocycles. The summed E-state index contributed by atoms with van der Waals surface area (Å²) in [6.07, 6.45) is 5.32. The molecule has 2 aliphatic rings. The Kier molecular flexibility index (Phi) is 5.25. The molecule has 0 saturated carbocycles. The lowest BCUT2D eigenvalue weighted by molar-refractivity contribution is -0.0345. The number of nitrogens with one attached hydrogen (secondary N) is 1. The van der Waals surface area contributed by atoms with E-state index in [-0.39, 0.29) is 12.0 Å². The van der Waals surface area contributed by atoms with Crippen LogP contribution in [0.5, 0.6) is 11.5 Å². The fraction of sp³-hybridized carbons (Fsp3) is 0.200. The molecule has 2 unspecified atom stereocenters. The van der Waals surface area contributed by atoms with Gasteiger partial charge >= 0.3 is 5.97 Å². The van der Waals surface area contributed by atoms with Crippen LogP contribution in [0, 0.1) is 0 Å². The molecule has 7 nitrogen and oxygen atoms in total. The van der Waals surface area contributed by atoms with Gasteiger partial charge in [-0.05, 0) is 43.3 Å². The molecular formula is C25H23N3O4. The molecule has 0 radical (unpaired) electrons. The summed E-state index contributed by atoms with van der Waals surface area (Å²) in [6.45, 7) is 2.50. The van der Waals surface area contributed by atoms with Crippen molar-refractivity contribution in [2.45, 2.75) is 19.2 Å². The van der Waals surface area contributed by atoms with Crippen molar-refractivity contribution in [1.82, 2.24) is 15.4 Å². The predicted molar refractivity (Wildman–Crippen MR) is 119 cm³/mol. The summed E-state index contributed by atoms with van der Waals surface area (Å²) in [5.41, 5.74) is 7.84. The third kappa shape index (κ3) is 3.46. The third-order valence-electron chi connectivity index (χ3n) is 5.57. The highest BCUT2D eigenvalue weighted by Crippen LogP contribution is 2.49. The van der Waals surface area contributed by atoms with E-state index >= 15 is 0 Å². The van der Waals surface area contributed by atoms with Crippen LogP contribution in [-0.2, 0) is 4.74 Å². The second kappa shape index (κ2) is 8.36. The molecule has 2 aliphatic heterocycles. The van der Waals surface area contributed by atoms with Crippen molar-refractivity contribution in [2.24, 2.45) is 0 Å². The zero-order chi connectivity index (χ0) is 22.1. The number of benzene rings is 2. The quantitative estimate of drug-likeness (QED) is 0.608. The summed E-state index contributed by atoms with van der Waals surface area (Å²) >= 11 is 0. The Bertz CT molecular complexity index is 1160. The number of carbonyl (C=O) groups excluding carboxylic acids is 1. The van der Waals surface area contributed by atoms with Gasteiger partial charge in [0.15, 0.2) is 17.7 Å². The van der Waals surface area contributed by atoms with Crippen LogP contribution in [0.2, 0.25) is 0 Å². The average molecular weight is 429 g/mol. The van der Waals surface area contributed by atoms with Gasteiger partial charge in [0.25, 0.3) is 0 Å². The molecule has 2 aromatic carbocycles. The number of hydrogen-bond donors (Lipinski definition) is 1. The summed E-state index contributed by atoms with van der Waals surface area (Å²) in [5, 5.41) is 2.06. The molecule has 0 saturated heterocycles.